The van der Waals surface area contributed by atoms with Gasteiger partial charge in [-0.2, -0.15) is 26.3 Å². The Bertz CT molecular complexity index is 287. The van der Waals surface area contributed by atoms with Crippen LogP contribution in [0, 0.1) is 23.7 Å². The number of hydrogen-bond acceptors (Lipinski definition) is 1. The van der Waals surface area contributed by atoms with Crippen molar-refractivity contribution in [1.82, 2.24) is 5.32 Å². The van der Waals surface area contributed by atoms with Gasteiger partial charge in [0.25, 0.3) is 0 Å². The van der Waals surface area contributed by atoms with Gasteiger partial charge < -0.3 is 5.32 Å². The molecule has 0 saturated heterocycles. The molecule has 0 heterocycles. The number of nitrogens with one attached hydrogen (secondary N) is 1. The third-order valence-corrected chi connectivity index (χ3v) is 4.12. The van der Waals surface area contributed by atoms with Crippen molar-refractivity contribution >= 4 is 0 Å². The first-order valence-corrected chi connectivity index (χ1v) is 6.77. The lowest BCUT2D eigenvalue weighted by Gasteiger charge is -2.40. The van der Waals surface area contributed by atoms with Gasteiger partial charge in [-0.15, -0.1) is 0 Å². The highest BCUT2D eigenvalue weighted by molar-refractivity contribution is 4.93. The van der Waals surface area contributed by atoms with Gasteiger partial charge in [0.15, 0.2) is 5.92 Å². The molecule has 0 aromatic heterocycles. The van der Waals surface area contributed by atoms with Crippen LogP contribution in [0.25, 0.3) is 0 Å². The molecule has 0 radical (unpaired) electrons. The van der Waals surface area contributed by atoms with Crippen LogP contribution in [0.1, 0.15) is 33.1 Å². The van der Waals surface area contributed by atoms with Crippen LogP contribution >= 0.6 is 0 Å². The molecule has 1 fully saturated rings. The summed E-state index contributed by atoms with van der Waals surface area (Å²) in [5.74, 6) is -3.60. The van der Waals surface area contributed by atoms with E-state index in [0.717, 1.165) is 6.42 Å². The first-order chi connectivity index (χ1) is 8.96. The van der Waals surface area contributed by atoms with Crippen LogP contribution in [0.5, 0.6) is 0 Å². The molecular formula is C13H21F6N. The first-order valence-electron chi connectivity index (χ1n) is 6.77. The van der Waals surface area contributed by atoms with E-state index in [-0.39, 0.29) is 11.8 Å². The average molecular weight is 305 g/mol. The molecule has 1 N–H and O–H groups in total. The van der Waals surface area contributed by atoms with Gasteiger partial charge in [-0.05, 0) is 44.1 Å². The van der Waals surface area contributed by atoms with Gasteiger partial charge in [0, 0.05) is 6.04 Å². The molecule has 0 spiro atoms. The third kappa shape index (κ3) is 4.27. The molecular weight excluding hydrogens is 284 g/mol. The largest absolute Gasteiger partial charge is 0.402 e. The van der Waals surface area contributed by atoms with Crippen LogP contribution < -0.4 is 5.32 Å². The van der Waals surface area contributed by atoms with Gasteiger partial charge in [-0.1, -0.05) is 13.8 Å². The SMILES string of the molecule is CNC(C1CC(C)CC(C)C1)C(C(F)(F)F)C(F)(F)F. The standard InChI is InChI=1S/C13H21F6N/c1-7-4-8(2)6-9(5-7)10(20-3)11(12(14,15)16)13(17,18)19/h7-11,20H,4-6H2,1-3H3. The fourth-order valence-electron chi connectivity index (χ4n) is 3.57. The van der Waals surface area contributed by atoms with E-state index in [2.05, 4.69) is 5.32 Å². The third-order valence-electron chi connectivity index (χ3n) is 4.12. The lowest BCUT2D eigenvalue weighted by molar-refractivity contribution is -0.295. The maximum Gasteiger partial charge on any atom is 0.402 e. The number of alkyl halides is 6. The average Bonchev–Trinajstić information content (AvgIpc) is 2.20. The second-order valence-electron chi connectivity index (χ2n) is 6.05. The highest BCUT2D eigenvalue weighted by atomic mass is 19.4. The summed E-state index contributed by atoms with van der Waals surface area (Å²) < 4.78 is 77.1. The van der Waals surface area contributed by atoms with Gasteiger partial charge in [0.1, 0.15) is 0 Å². The van der Waals surface area contributed by atoms with Gasteiger partial charge in [-0.3, -0.25) is 0 Å². The predicted octanol–water partition coefficient (Wildman–Crippen LogP) is 4.39. The minimum absolute atomic E-state index is 0.154. The molecule has 3 atom stereocenters. The molecule has 0 aromatic carbocycles. The second kappa shape index (κ2) is 6.12. The van der Waals surface area contributed by atoms with Crippen LogP contribution in [0.4, 0.5) is 26.3 Å². The Hall–Kier alpha value is -0.460. The summed E-state index contributed by atoms with van der Waals surface area (Å²) in [6, 6.07) is -1.61. The van der Waals surface area contributed by atoms with E-state index in [1.807, 2.05) is 13.8 Å². The molecule has 0 aliphatic heterocycles. The maximum absolute atomic E-state index is 12.8. The van der Waals surface area contributed by atoms with Gasteiger partial charge in [-0.25, -0.2) is 0 Å². The molecule has 7 heteroatoms. The monoisotopic (exact) mass is 305 g/mol. The van der Waals surface area contributed by atoms with Crippen LogP contribution in [0.2, 0.25) is 0 Å². The fourth-order valence-corrected chi connectivity index (χ4v) is 3.57. The van der Waals surface area contributed by atoms with Crippen molar-refractivity contribution in [2.45, 2.75) is 51.5 Å². The quantitative estimate of drug-likeness (QED) is 0.763. The topological polar surface area (TPSA) is 12.0 Å². The van der Waals surface area contributed by atoms with Gasteiger partial charge in [0.2, 0.25) is 0 Å². The van der Waals surface area contributed by atoms with Crippen LogP contribution in [-0.4, -0.2) is 25.4 Å². The van der Waals surface area contributed by atoms with Crippen LogP contribution in [0.15, 0.2) is 0 Å². The fraction of sp³-hybridized carbons (Fsp3) is 1.00. The van der Waals surface area contributed by atoms with Crippen molar-refractivity contribution in [1.29, 1.82) is 0 Å². The number of hydrogen-bond donors (Lipinski definition) is 1. The van der Waals surface area contributed by atoms with Crippen molar-refractivity contribution in [2.75, 3.05) is 7.05 Å². The van der Waals surface area contributed by atoms with Crippen molar-refractivity contribution in [2.24, 2.45) is 23.7 Å². The van der Waals surface area contributed by atoms with E-state index >= 15 is 0 Å². The molecule has 0 amide bonds. The Morgan fingerprint density at radius 2 is 1.25 bits per heavy atom. The van der Waals surface area contributed by atoms with E-state index in [4.69, 9.17) is 0 Å². The Kier molecular flexibility index (Phi) is 5.38. The predicted molar refractivity (Wildman–Crippen MR) is 64.1 cm³/mol. The lowest BCUT2D eigenvalue weighted by atomic mass is 9.71. The summed E-state index contributed by atoms with van der Waals surface area (Å²) in [4.78, 5) is 0. The lowest BCUT2D eigenvalue weighted by Crippen LogP contribution is -2.54. The summed E-state index contributed by atoms with van der Waals surface area (Å²) in [5, 5.41) is 2.29. The van der Waals surface area contributed by atoms with Crippen molar-refractivity contribution in [3.05, 3.63) is 0 Å². The maximum atomic E-state index is 12.8. The Morgan fingerprint density at radius 3 is 1.55 bits per heavy atom. The molecule has 1 saturated carbocycles. The minimum atomic E-state index is -5.28. The number of rotatable bonds is 3. The Morgan fingerprint density at radius 1 is 0.850 bits per heavy atom. The molecule has 3 unspecified atom stereocenters. The van der Waals surface area contributed by atoms with Crippen molar-refractivity contribution < 1.29 is 26.3 Å². The van der Waals surface area contributed by atoms with Crippen molar-refractivity contribution in [3.63, 3.8) is 0 Å². The Labute approximate surface area is 115 Å². The summed E-state index contributed by atoms with van der Waals surface area (Å²) in [5.41, 5.74) is 0. The molecule has 20 heavy (non-hydrogen) atoms. The van der Waals surface area contributed by atoms with Crippen LogP contribution in [-0.2, 0) is 0 Å². The molecule has 1 aliphatic carbocycles. The molecule has 0 aromatic rings. The van der Waals surface area contributed by atoms with E-state index in [0.29, 0.717) is 12.8 Å². The van der Waals surface area contributed by atoms with E-state index in [1.165, 1.54) is 7.05 Å². The summed E-state index contributed by atoms with van der Waals surface area (Å²) in [6.07, 6.45) is -8.90. The Balaban J connectivity index is 3.02. The second-order valence-corrected chi connectivity index (χ2v) is 6.05. The van der Waals surface area contributed by atoms with E-state index in [1.54, 1.807) is 0 Å². The molecule has 1 nitrogen and oxygen atoms in total. The highest BCUT2D eigenvalue weighted by Gasteiger charge is 2.61. The zero-order valence-electron chi connectivity index (χ0n) is 11.8. The molecule has 1 aliphatic rings. The summed E-state index contributed by atoms with van der Waals surface area (Å²) >= 11 is 0. The first kappa shape index (κ1) is 17.6. The molecule has 0 bridgehead atoms. The zero-order chi connectivity index (χ0) is 15.7. The van der Waals surface area contributed by atoms with Crippen molar-refractivity contribution in [3.8, 4) is 0 Å². The number of halogens is 6. The summed E-state index contributed by atoms with van der Waals surface area (Å²) in [6.45, 7) is 3.76. The zero-order valence-corrected chi connectivity index (χ0v) is 11.8. The van der Waals surface area contributed by atoms with Crippen LogP contribution in [0.3, 0.4) is 0 Å². The van der Waals surface area contributed by atoms with E-state index in [9.17, 15) is 26.3 Å². The van der Waals surface area contributed by atoms with E-state index < -0.39 is 30.2 Å². The summed E-state index contributed by atoms with van der Waals surface area (Å²) in [7, 11) is 1.18. The van der Waals surface area contributed by atoms with Gasteiger partial charge in [0.05, 0.1) is 0 Å². The molecule has 120 valence electrons. The van der Waals surface area contributed by atoms with Gasteiger partial charge >= 0.3 is 12.4 Å². The highest BCUT2D eigenvalue weighted by Crippen LogP contribution is 2.46. The minimum Gasteiger partial charge on any atom is -0.316 e. The smallest absolute Gasteiger partial charge is 0.316 e. The molecule has 1 rings (SSSR count). The normalized spacial score (nSPS) is 30.6.